The summed E-state index contributed by atoms with van der Waals surface area (Å²) in [7, 11) is 0. The molecule has 5 rings (SSSR count). The molecule has 4 fully saturated rings. The monoisotopic (exact) mass is 245 g/mol. The number of amides is 1. The summed E-state index contributed by atoms with van der Waals surface area (Å²) < 4.78 is 1.42. The summed E-state index contributed by atoms with van der Waals surface area (Å²) in [4.78, 5) is 12.2. The lowest BCUT2D eigenvalue weighted by atomic mass is 9.53. The SMILES string of the molecule is O=C(NC12CC3CC(CC(C3)C1)C2)n1cccn1. The fourth-order valence-corrected chi connectivity index (χ4v) is 4.94. The molecule has 0 spiro atoms. The van der Waals surface area contributed by atoms with Crippen molar-refractivity contribution >= 4 is 6.03 Å². The quantitative estimate of drug-likeness (QED) is 0.826. The van der Waals surface area contributed by atoms with E-state index in [2.05, 4.69) is 10.4 Å². The third-order valence-corrected chi connectivity index (χ3v) is 5.12. The van der Waals surface area contributed by atoms with Crippen molar-refractivity contribution in [3.63, 3.8) is 0 Å². The van der Waals surface area contributed by atoms with Crippen molar-refractivity contribution in [2.75, 3.05) is 0 Å². The molecule has 96 valence electrons. The third kappa shape index (κ3) is 1.58. The first-order valence-electron chi connectivity index (χ1n) is 7.05. The molecule has 4 bridgehead atoms. The predicted octanol–water partition coefficient (Wildman–Crippen LogP) is 2.41. The summed E-state index contributed by atoms with van der Waals surface area (Å²) in [5.74, 6) is 2.57. The molecule has 0 saturated heterocycles. The van der Waals surface area contributed by atoms with Crippen LogP contribution in [0.1, 0.15) is 38.5 Å². The Kier molecular flexibility index (Phi) is 2.11. The third-order valence-electron chi connectivity index (χ3n) is 5.12. The highest BCUT2D eigenvalue weighted by Crippen LogP contribution is 2.55. The van der Waals surface area contributed by atoms with Crippen LogP contribution < -0.4 is 5.32 Å². The van der Waals surface area contributed by atoms with E-state index in [4.69, 9.17) is 0 Å². The molecule has 4 heteroatoms. The van der Waals surface area contributed by atoms with Crippen molar-refractivity contribution in [1.82, 2.24) is 15.1 Å². The van der Waals surface area contributed by atoms with Crippen LogP contribution in [-0.2, 0) is 0 Å². The molecule has 0 radical (unpaired) electrons. The molecule has 1 amide bonds. The molecule has 18 heavy (non-hydrogen) atoms. The zero-order valence-electron chi connectivity index (χ0n) is 10.5. The Morgan fingerprint density at radius 1 is 1.17 bits per heavy atom. The van der Waals surface area contributed by atoms with Gasteiger partial charge in [0, 0.05) is 17.9 Å². The van der Waals surface area contributed by atoms with Crippen LogP contribution in [0.3, 0.4) is 0 Å². The minimum Gasteiger partial charge on any atom is -0.331 e. The van der Waals surface area contributed by atoms with Gasteiger partial charge in [-0.3, -0.25) is 0 Å². The average molecular weight is 245 g/mol. The van der Waals surface area contributed by atoms with Crippen molar-refractivity contribution < 1.29 is 4.79 Å². The van der Waals surface area contributed by atoms with Crippen molar-refractivity contribution in [2.45, 2.75) is 44.1 Å². The average Bonchev–Trinajstić information content (AvgIpc) is 2.79. The highest BCUT2D eigenvalue weighted by atomic mass is 16.2. The summed E-state index contributed by atoms with van der Waals surface area (Å²) in [5.41, 5.74) is 0.0811. The van der Waals surface area contributed by atoms with E-state index in [1.807, 2.05) is 0 Å². The molecule has 0 aromatic carbocycles. The van der Waals surface area contributed by atoms with Gasteiger partial charge in [-0.1, -0.05) is 0 Å². The Balaban J connectivity index is 1.56. The maximum atomic E-state index is 12.2. The Morgan fingerprint density at radius 3 is 2.28 bits per heavy atom. The molecule has 4 saturated carbocycles. The molecule has 4 aliphatic rings. The Hall–Kier alpha value is -1.32. The standard InChI is InChI=1S/C14H19N3O/c18-13(17-3-1-2-15-17)16-14-7-10-4-11(8-14)6-12(5-10)9-14/h1-3,10-12H,4-9H2,(H,16,18). The van der Waals surface area contributed by atoms with Gasteiger partial charge in [0.15, 0.2) is 0 Å². The van der Waals surface area contributed by atoms with Gasteiger partial charge in [-0.15, -0.1) is 0 Å². The molecule has 1 N–H and O–H groups in total. The Labute approximate surface area is 107 Å². The van der Waals surface area contributed by atoms with Gasteiger partial charge in [0.05, 0.1) is 0 Å². The van der Waals surface area contributed by atoms with Crippen molar-refractivity contribution in [3.05, 3.63) is 18.5 Å². The maximum absolute atomic E-state index is 12.2. The molecular weight excluding hydrogens is 226 g/mol. The fraction of sp³-hybridized carbons (Fsp3) is 0.714. The molecule has 4 aliphatic carbocycles. The van der Waals surface area contributed by atoms with Crippen LogP contribution in [0.4, 0.5) is 4.79 Å². The fourth-order valence-electron chi connectivity index (χ4n) is 4.94. The smallest absolute Gasteiger partial charge is 0.331 e. The van der Waals surface area contributed by atoms with E-state index >= 15 is 0 Å². The topological polar surface area (TPSA) is 46.9 Å². The summed E-state index contributed by atoms with van der Waals surface area (Å²) in [6, 6.07) is 1.74. The zero-order chi connectivity index (χ0) is 12.2. The van der Waals surface area contributed by atoms with Gasteiger partial charge in [-0.05, 0) is 62.3 Å². The van der Waals surface area contributed by atoms with Crippen LogP contribution in [0, 0.1) is 17.8 Å². The van der Waals surface area contributed by atoms with Gasteiger partial charge in [0.2, 0.25) is 0 Å². The Bertz CT molecular complexity index is 430. The van der Waals surface area contributed by atoms with Crippen molar-refractivity contribution in [2.24, 2.45) is 17.8 Å². The van der Waals surface area contributed by atoms with Crippen LogP contribution in [0.5, 0.6) is 0 Å². The lowest BCUT2D eigenvalue weighted by molar-refractivity contribution is -0.0136. The summed E-state index contributed by atoms with van der Waals surface area (Å²) in [5, 5.41) is 7.31. The van der Waals surface area contributed by atoms with E-state index in [0.29, 0.717) is 0 Å². The van der Waals surface area contributed by atoms with E-state index in [9.17, 15) is 4.79 Å². The number of rotatable bonds is 1. The van der Waals surface area contributed by atoms with Gasteiger partial charge in [0.1, 0.15) is 0 Å². The number of aromatic nitrogens is 2. The van der Waals surface area contributed by atoms with Gasteiger partial charge in [-0.2, -0.15) is 9.78 Å². The van der Waals surface area contributed by atoms with Crippen molar-refractivity contribution in [3.8, 4) is 0 Å². The molecular formula is C14H19N3O. The first-order chi connectivity index (χ1) is 8.72. The first kappa shape index (κ1) is 10.6. The van der Waals surface area contributed by atoms with Gasteiger partial charge < -0.3 is 5.32 Å². The summed E-state index contributed by atoms with van der Waals surface area (Å²) >= 11 is 0. The van der Waals surface area contributed by atoms with E-state index in [0.717, 1.165) is 17.8 Å². The second-order valence-electron chi connectivity index (χ2n) is 6.58. The van der Waals surface area contributed by atoms with E-state index in [-0.39, 0.29) is 11.6 Å². The number of nitrogens with zero attached hydrogens (tertiary/aromatic N) is 2. The zero-order valence-corrected chi connectivity index (χ0v) is 10.5. The Morgan fingerprint density at radius 2 is 1.78 bits per heavy atom. The van der Waals surface area contributed by atoms with Crippen LogP contribution in [0.15, 0.2) is 18.5 Å². The second-order valence-corrected chi connectivity index (χ2v) is 6.58. The minimum absolute atomic E-state index is 0.0537. The predicted molar refractivity (Wildman–Crippen MR) is 67.1 cm³/mol. The maximum Gasteiger partial charge on any atom is 0.342 e. The van der Waals surface area contributed by atoms with E-state index < -0.39 is 0 Å². The van der Waals surface area contributed by atoms with Crippen LogP contribution in [0.2, 0.25) is 0 Å². The van der Waals surface area contributed by atoms with Crippen LogP contribution >= 0.6 is 0 Å². The normalized spacial score (nSPS) is 41.0. The lowest BCUT2D eigenvalue weighted by Crippen LogP contribution is -2.60. The number of carbonyl (C=O) groups is 1. The minimum atomic E-state index is -0.0537. The van der Waals surface area contributed by atoms with Crippen molar-refractivity contribution in [1.29, 1.82) is 0 Å². The second kappa shape index (κ2) is 3.59. The number of hydrogen-bond acceptors (Lipinski definition) is 2. The molecule has 0 aliphatic heterocycles. The number of nitrogens with one attached hydrogen (secondary N) is 1. The van der Waals surface area contributed by atoms with Crippen LogP contribution in [0.25, 0.3) is 0 Å². The molecule has 4 nitrogen and oxygen atoms in total. The molecule has 0 atom stereocenters. The first-order valence-corrected chi connectivity index (χ1v) is 7.05. The lowest BCUT2D eigenvalue weighted by Gasteiger charge is -2.56. The molecule has 1 aromatic rings. The molecule has 0 unspecified atom stereocenters. The highest BCUT2D eigenvalue weighted by molar-refractivity contribution is 5.76. The molecule has 1 aromatic heterocycles. The summed E-state index contributed by atoms with van der Waals surface area (Å²) in [6.07, 6.45) is 11.1. The van der Waals surface area contributed by atoms with E-state index in [1.54, 1.807) is 18.5 Å². The molecule has 1 heterocycles. The van der Waals surface area contributed by atoms with Crippen LogP contribution in [-0.4, -0.2) is 21.4 Å². The largest absolute Gasteiger partial charge is 0.342 e. The van der Waals surface area contributed by atoms with Gasteiger partial charge >= 0.3 is 6.03 Å². The highest BCUT2D eigenvalue weighted by Gasteiger charge is 2.51. The number of hydrogen-bond donors (Lipinski definition) is 1. The van der Waals surface area contributed by atoms with E-state index in [1.165, 1.54) is 43.2 Å². The number of carbonyl (C=O) groups excluding carboxylic acids is 1. The summed E-state index contributed by atoms with van der Waals surface area (Å²) in [6.45, 7) is 0. The van der Waals surface area contributed by atoms with Gasteiger partial charge in [-0.25, -0.2) is 4.79 Å². The van der Waals surface area contributed by atoms with Gasteiger partial charge in [0.25, 0.3) is 0 Å².